The van der Waals surface area contributed by atoms with Crippen LogP contribution in [0.3, 0.4) is 0 Å². The number of ketones is 1. The number of nitrogens with zero attached hydrogens (tertiary/aromatic N) is 1. The number of anilines is 1. The van der Waals surface area contributed by atoms with E-state index in [4.69, 9.17) is 4.74 Å². The SMILES string of the molecule is CCCC(CCCC(=O)COc1ccc(F)cc1)c1nc(C(=O)Nc2ccccc2-c2ccc(OC(F)(F)F)cc2)cs1. The highest BCUT2D eigenvalue weighted by Crippen LogP contribution is 2.33. The number of Topliss-reactive ketones (excluding diaryl/α,β-unsaturated/α-hetero) is 1. The second-order valence-corrected chi connectivity index (χ2v) is 10.7. The second-order valence-electron chi connectivity index (χ2n) is 9.80. The Labute approximate surface area is 250 Å². The lowest BCUT2D eigenvalue weighted by Crippen LogP contribution is -2.17. The summed E-state index contributed by atoms with van der Waals surface area (Å²) in [4.78, 5) is 30.0. The Balaban J connectivity index is 1.34. The average Bonchev–Trinajstić information content (AvgIpc) is 3.47. The van der Waals surface area contributed by atoms with Gasteiger partial charge in [-0.25, -0.2) is 9.37 Å². The van der Waals surface area contributed by atoms with Crippen molar-refractivity contribution in [1.29, 1.82) is 0 Å². The quantitative estimate of drug-likeness (QED) is 0.144. The van der Waals surface area contributed by atoms with Crippen LogP contribution >= 0.6 is 11.3 Å². The number of benzene rings is 3. The molecule has 0 fully saturated rings. The zero-order valence-electron chi connectivity index (χ0n) is 23.3. The topological polar surface area (TPSA) is 77.5 Å². The van der Waals surface area contributed by atoms with Gasteiger partial charge in [-0.3, -0.25) is 9.59 Å². The van der Waals surface area contributed by atoms with Gasteiger partial charge in [0, 0.05) is 29.0 Å². The summed E-state index contributed by atoms with van der Waals surface area (Å²) in [5, 5.41) is 5.38. The Morgan fingerprint density at radius 3 is 2.35 bits per heavy atom. The van der Waals surface area contributed by atoms with Crippen LogP contribution in [0, 0.1) is 5.82 Å². The molecule has 1 aromatic heterocycles. The molecule has 0 saturated carbocycles. The van der Waals surface area contributed by atoms with E-state index in [2.05, 4.69) is 22.0 Å². The molecule has 0 bridgehead atoms. The molecule has 4 rings (SSSR count). The first-order valence-corrected chi connectivity index (χ1v) is 14.6. The van der Waals surface area contributed by atoms with Gasteiger partial charge in [0.25, 0.3) is 5.91 Å². The van der Waals surface area contributed by atoms with Crippen molar-refractivity contribution in [2.24, 2.45) is 0 Å². The van der Waals surface area contributed by atoms with Crippen LogP contribution in [0.2, 0.25) is 0 Å². The molecule has 43 heavy (non-hydrogen) atoms. The third-order valence-electron chi connectivity index (χ3n) is 6.54. The molecular weight excluding hydrogens is 584 g/mol. The maximum absolute atomic E-state index is 13.1. The number of nitrogens with one attached hydrogen (secondary N) is 1. The Morgan fingerprint density at radius 1 is 0.953 bits per heavy atom. The number of carbonyl (C=O) groups is 2. The van der Waals surface area contributed by atoms with Gasteiger partial charge in [-0.2, -0.15) is 0 Å². The number of halogens is 4. The highest BCUT2D eigenvalue weighted by atomic mass is 32.1. The lowest BCUT2D eigenvalue weighted by molar-refractivity contribution is -0.274. The number of alkyl halides is 3. The van der Waals surface area contributed by atoms with Crippen LogP contribution in [0.15, 0.2) is 78.2 Å². The van der Waals surface area contributed by atoms with Crippen LogP contribution in [-0.4, -0.2) is 29.6 Å². The van der Waals surface area contributed by atoms with Gasteiger partial charge in [-0.05, 0) is 67.3 Å². The van der Waals surface area contributed by atoms with Crippen LogP contribution in [0.25, 0.3) is 11.1 Å². The third kappa shape index (κ3) is 9.64. The first-order chi connectivity index (χ1) is 20.6. The average molecular weight is 615 g/mol. The number of thiazole rings is 1. The van der Waals surface area contributed by atoms with Gasteiger partial charge < -0.3 is 14.8 Å². The molecule has 0 radical (unpaired) electrons. The van der Waals surface area contributed by atoms with E-state index in [1.54, 1.807) is 29.6 Å². The first-order valence-electron chi connectivity index (χ1n) is 13.7. The predicted octanol–water partition coefficient (Wildman–Crippen LogP) is 8.80. The van der Waals surface area contributed by atoms with Crippen molar-refractivity contribution in [3.63, 3.8) is 0 Å². The normalized spacial score (nSPS) is 12.0. The molecule has 1 unspecified atom stereocenters. The van der Waals surface area contributed by atoms with Crippen molar-refractivity contribution in [1.82, 2.24) is 4.98 Å². The minimum absolute atomic E-state index is 0.0556. The summed E-state index contributed by atoms with van der Waals surface area (Å²) in [6.45, 7) is 1.98. The molecule has 0 aliphatic rings. The Morgan fingerprint density at radius 2 is 1.65 bits per heavy atom. The summed E-state index contributed by atoms with van der Waals surface area (Å²) in [6.07, 6.45) is -1.33. The number of carbonyl (C=O) groups excluding carboxylic acids is 2. The van der Waals surface area contributed by atoms with Crippen molar-refractivity contribution < 1.29 is 36.6 Å². The highest BCUT2D eigenvalue weighted by molar-refractivity contribution is 7.10. The van der Waals surface area contributed by atoms with Gasteiger partial charge in [0.15, 0.2) is 5.78 Å². The standard InChI is InChI=1S/C32H30F4N2O4S/c1-2-6-22(7-5-8-24(39)19-41-25-17-13-23(33)14-18-25)31-38-29(20-43-31)30(40)37-28-10-4-3-9-27(28)21-11-15-26(16-12-21)42-32(34,35)36/h3-4,9-18,20,22H,2,5-8,19H2,1H3,(H,37,40). The van der Waals surface area contributed by atoms with Gasteiger partial charge in [0.2, 0.25) is 0 Å². The van der Waals surface area contributed by atoms with Gasteiger partial charge in [0.1, 0.15) is 29.6 Å². The van der Waals surface area contributed by atoms with Crippen molar-refractivity contribution in [3.05, 3.63) is 94.7 Å². The number of ether oxygens (including phenoxy) is 2. The zero-order chi connectivity index (χ0) is 30.8. The van der Waals surface area contributed by atoms with Crippen molar-refractivity contribution in [2.45, 2.75) is 51.3 Å². The fourth-order valence-electron chi connectivity index (χ4n) is 4.50. The lowest BCUT2D eigenvalue weighted by Gasteiger charge is -2.13. The summed E-state index contributed by atoms with van der Waals surface area (Å²) in [7, 11) is 0. The molecule has 11 heteroatoms. The van der Waals surface area contributed by atoms with Crippen LogP contribution in [0.4, 0.5) is 23.2 Å². The maximum atomic E-state index is 13.1. The molecule has 0 aliphatic carbocycles. The second kappa shape index (κ2) is 14.8. The summed E-state index contributed by atoms with van der Waals surface area (Å²) in [5.41, 5.74) is 1.97. The molecule has 1 N–H and O–H groups in total. The van der Waals surface area contributed by atoms with Crippen molar-refractivity contribution >= 4 is 28.7 Å². The third-order valence-corrected chi connectivity index (χ3v) is 7.54. The number of hydrogen-bond acceptors (Lipinski definition) is 6. The van der Waals surface area contributed by atoms with E-state index in [1.807, 2.05) is 0 Å². The van der Waals surface area contributed by atoms with Gasteiger partial charge in [-0.1, -0.05) is 43.7 Å². The first kappa shape index (κ1) is 31.7. The van der Waals surface area contributed by atoms with E-state index >= 15 is 0 Å². The van der Waals surface area contributed by atoms with Crippen LogP contribution in [-0.2, 0) is 4.79 Å². The molecule has 226 valence electrons. The largest absolute Gasteiger partial charge is 0.573 e. The highest BCUT2D eigenvalue weighted by Gasteiger charge is 2.31. The van der Waals surface area contributed by atoms with E-state index < -0.39 is 12.3 Å². The molecule has 1 atom stereocenters. The molecule has 0 saturated heterocycles. The molecule has 3 aromatic carbocycles. The lowest BCUT2D eigenvalue weighted by atomic mass is 9.97. The molecule has 1 amide bonds. The smallest absolute Gasteiger partial charge is 0.486 e. The number of rotatable bonds is 14. The van der Waals surface area contributed by atoms with Crippen LogP contribution < -0.4 is 14.8 Å². The van der Waals surface area contributed by atoms with E-state index in [0.717, 1.165) is 24.3 Å². The van der Waals surface area contributed by atoms with Gasteiger partial charge in [-0.15, -0.1) is 24.5 Å². The molecule has 6 nitrogen and oxygen atoms in total. The molecule has 1 heterocycles. The minimum atomic E-state index is -4.78. The Bertz CT molecular complexity index is 1510. The van der Waals surface area contributed by atoms with Gasteiger partial charge >= 0.3 is 6.36 Å². The fourth-order valence-corrected chi connectivity index (χ4v) is 5.47. The van der Waals surface area contributed by atoms with Crippen molar-refractivity contribution in [2.75, 3.05) is 11.9 Å². The van der Waals surface area contributed by atoms with Gasteiger partial charge in [0.05, 0.1) is 5.01 Å². The molecule has 0 spiro atoms. The maximum Gasteiger partial charge on any atom is 0.573 e. The molecule has 4 aromatic rings. The number of hydrogen-bond donors (Lipinski definition) is 1. The van der Waals surface area contributed by atoms with Crippen molar-refractivity contribution in [3.8, 4) is 22.6 Å². The molecule has 0 aliphatic heterocycles. The summed E-state index contributed by atoms with van der Waals surface area (Å²) < 4.78 is 59.9. The molecular formula is C32H30F4N2O4S. The fraction of sp³-hybridized carbons (Fsp3) is 0.281. The summed E-state index contributed by atoms with van der Waals surface area (Å²) >= 11 is 1.39. The Hall–Kier alpha value is -4.25. The number of para-hydroxylation sites is 1. The monoisotopic (exact) mass is 614 g/mol. The van der Waals surface area contributed by atoms with E-state index in [-0.39, 0.29) is 35.6 Å². The van der Waals surface area contributed by atoms with E-state index in [1.165, 1.54) is 59.9 Å². The van der Waals surface area contributed by atoms with E-state index in [0.29, 0.717) is 35.4 Å². The summed E-state index contributed by atoms with van der Waals surface area (Å²) in [5.74, 6) is -0.650. The Kier molecular flexibility index (Phi) is 10.9. The van der Waals surface area contributed by atoms with Crippen LogP contribution in [0.5, 0.6) is 11.5 Å². The minimum Gasteiger partial charge on any atom is -0.486 e. The number of amides is 1. The number of aromatic nitrogens is 1. The predicted molar refractivity (Wildman–Crippen MR) is 157 cm³/mol. The zero-order valence-corrected chi connectivity index (χ0v) is 24.1. The van der Waals surface area contributed by atoms with E-state index in [9.17, 15) is 27.2 Å². The summed E-state index contributed by atoms with van der Waals surface area (Å²) in [6, 6.07) is 17.9. The van der Waals surface area contributed by atoms with Crippen LogP contribution in [0.1, 0.15) is 60.4 Å².